The van der Waals surface area contributed by atoms with Crippen molar-refractivity contribution in [3.63, 3.8) is 0 Å². The number of nitrogens with one attached hydrogen (secondary N) is 1. The molecule has 1 amide bonds. The normalized spacial score (nSPS) is 12.2. The molecule has 0 atom stereocenters. The van der Waals surface area contributed by atoms with Gasteiger partial charge in [-0.2, -0.15) is 0 Å². The predicted octanol–water partition coefficient (Wildman–Crippen LogP) is 2.07. The van der Waals surface area contributed by atoms with Crippen molar-refractivity contribution in [2.45, 2.75) is 6.54 Å². The molecule has 108 valence electrons. The van der Waals surface area contributed by atoms with Gasteiger partial charge in [0.25, 0.3) is 5.91 Å². The van der Waals surface area contributed by atoms with Crippen LogP contribution in [-0.2, 0) is 6.54 Å². The van der Waals surface area contributed by atoms with E-state index in [-0.39, 0.29) is 24.6 Å². The first kappa shape index (κ1) is 13.2. The molecule has 0 aliphatic carbocycles. The second kappa shape index (κ2) is 5.32. The molecule has 0 saturated carbocycles. The Balaban J connectivity index is 1.70. The monoisotopic (exact) mass is 288 g/mol. The zero-order valence-corrected chi connectivity index (χ0v) is 11.1. The summed E-state index contributed by atoms with van der Waals surface area (Å²) in [6.45, 7) is 0.483. The van der Waals surface area contributed by atoms with Gasteiger partial charge >= 0.3 is 0 Å². The summed E-state index contributed by atoms with van der Waals surface area (Å²) < 4.78 is 23.8. The fourth-order valence-corrected chi connectivity index (χ4v) is 2.06. The molecule has 3 rings (SSSR count). The number of carbonyl (C=O) groups excluding carboxylic acids is 1. The first-order chi connectivity index (χ1) is 10.1. The van der Waals surface area contributed by atoms with Crippen molar-refractivity contribution in [3.8, 4) is 11.5 Å². The fourth-order valence-electron chi connectivity index (χ4n) is 2.06. The molecule has 0 fully saturated rings. The summed E-state index contributed by atoms with van der Waals surface area (Å²) in [6.07, 6.45) is 0. The van der Waals surface area contributed by atoms with E-state index in [4.69, 9.17) is 15.2 Å². The van der Waals surface area contributed by atoms with Crippen LogP contribution in [0.1, 0.15) is 15.9 Å². The molecule has 5 nitrogen and oxygen atoms in total. The summed E-state index contributed by atoms with van der Waals surface area (Å²) in [4.78, 5) is 12.0. The van der Waals surface area contributed by atoms with Crippen molar-refractivity contribution in [2.75, 3.05) is 12.5 Å². The van der Waals surface area contributed by atoms with E-state index in [2.05, 4.69) is 5.32 Å². The molecule has 6 heteroatoms. The number of ether oxygens (including phenoxy) is 2. The molecular weight excluding hydrogens is 275 g/mol. The van der Waals surface area contributed by atoms with Crippen LogP contribution in [0.15, 0.2) is 36.4 Å². The van der Waals surface area contributed by atoms with Crippen molar-refractivity contribution in [3.05, 3.63) is 53.3 Å². The molecule has 0 bridgehead atoms. The fraction of sp³-hybridized carbons (Fsp3) is 0.133. The molecule has 3 N–H and O–H groups in total. The highest BCUT2D eigenvalue weighted by Gasteiger charge is 2.15. The van der Waals surface area contributed by atoms with Crippen LogP contribution in [0.2, 0.25) is 0 Å². The van der Waals surface area contributed by atoms with Crippen LogP contribution in [0.3, 0.4) is 0 Å². The van der Waals surface area contributed by atoms with Crippen LogP contribution < -0.4 is 20.5 Å². The zero-order valence-electron chi connectivity index (χ0n) is 11.1. The summed E-state index contributed by atoms with van der Waals surface area (Å²) in [5.74, 6) is 0.293. The van der Waals surface area contributed by atoms with Gasteiger partial charge in [0.2, 0.25) is 6.79 Å². The average Bonchev–Trinajstić information content (AvgIpc) is 2.95. The second-order valence-electron chi connectivity index (χ2n) is 4.57. The molecule has 0 saturated heterocycles. The molecule has 0 spiro atoms. The van der Waals surface area contributed by atoms with E-state index in [9.17, 15) is 9.18 Å². The standard InChI is InChI=1S/C15H13FN2O3/c16-11-3-1-2-10(14(11)17)15(19)18-7-9-4-5-12-13(6-9)21-8-20-12/h1-6H,7-8,17H2,(H,18,19). The van der Waals surface area contributed by atoms with Gasteiger partial charge in [0.05, 0.1) is 11.3 Å². The SMILES string of the molecule is Nc1c(F)cccc1C(=O)NCc1ccc2c(c1)OCO2. The minimum atomic E-state index is -0.606. The molecule has 1 aliphatic rings. The number of fused-ring (bicyclic) bond motifs is 1. The number of carbonyl (C=O) groups is 1. The summed E-state index contributed by atoms with van der Waals surface area (Å²) in [7, 11) is 0. The highest BCUT2D eigenvalue weighted by molar-refractivity contribution is 5.99. The van der Waals surface area contributed by atoms with Gasteiger partial charge in [0.1, 0.15) is 5.82 Å². The molecule has 2 aromatic carbocycles. The topological polar surface area (TPSA) is 73.6 Å². The van der Waals surface area contributed by atoms with Crippen molar-refractivity contribution < 1.29 is 18.7 Å². The van der Waals surface area contributed by atoms with Crippen LogP contribution in [0.5, 0.6) is 11.5 Å². The van der Waals surface area contributed by atoms with Crippen LogP contribution in [0, 0.1) is 5.82 Å². The van der Waals surface area contributed by atoms with Gasteiger partial charge in [-0.3, -0.25) is 4.79 Å². The van der Waals surface area contributed by atoms with Crippen molar-refractivity contribution in [1.29, 1.82) is 0 Å². The Morgan fingerprint density at radius 1 is 1.24 bits per heavy atom. The van der Waals surface area contributed by atoms with E-state index in [1.807, 2.05) is 6.07 Å². The van der Waals surface area contributed by atoms with E-state index < -0.39 is 11.7 Å². The van der Waals surface area contributed by atoms with Crippen molar-refractivity contribution in [2.24, 2.45) is 0 Å². The third-order valence-corrected chi connectivity index (χ3v) is 3.19. The minimum absolute atomic E-state index is 0.121. The smallest absolute Gasteiger partial charge is 0.253 e. The second-order valence-corrected chi connectivity index (χ2v) is 4.57. The minimum Gasteiger partial charge on any atom is -0.454 e. The lowest BCUT2D eigenvalue weighted by Gasteiger charge is -2.08. The number of hydrogen-bond acceptors (Lipinski definition) is 4. The maximum atomic E-state index is 13.3. The van der Waals surface area contributed by atoms with Gasteiger partial charge in [-0.05, 0) is 29.8 Å². The lowest BCUT2D eigenvalue weighted by molar-refractivity contribution is 0.0951. The van der Waals surface area contributed by atoms with E-state index in [0.717, 1.165) is 5.56 Å². The Bertz CT molecular complexity index is 703. The quantitative estimate of drug-likeness (QED) is 0.848. The molecule has 0 radical (unpaired) electrons. The van der Waals surface area contributed by atoms with E-state index in [1.165, 1.54) is 18.2 Å². The molecule has 21 heavy (non-hydrogen) atoms. The van der Waals surface area contributed by atoms with Gasteiger partial charge in [-0.25, -0.2) is 4.39 Å². The van der Waals surface area contributed by atoms with Crippen LogP contribution in [0.25, 0.3) is 0 Å². The maximum absolute atomic E-state index is 13.3. The zero-order chi connectivity index (χ0) is 14.8. The Labute approximate surface area is 120 Å². The molecule has 1 heterocycles. The third-order valence-electron chi connectivity index (χ3n) is 3.19. The van der Waals surface area contributed by atoms with Crippen LogP contribution >= 0.6 is 0 Å². The number of nitrogens with two attached hydrogens (primary N) is 1. The Hall–Kier alpha value is -2.76. The summed E-state index contributed by atoms with van der Waals surface area (Å²) >= 11 is 0. The summed E-state index contributed by atoms with van der Waals surface area (Å²) in [5, 5.41) is 2.69. The van der Waals surface area contributed by atoms with Gasteiger partial charge < -0.3 is 20.5 Å². The molecule has 0 unspecified atom stereocenters. The highest BCUT2D eigenvalue weighted by Crippen LogP contribution is 2.32. The largest absolute Gasteiger partial charge is 0.454 e. The molecule has 0 aromatic heterocycles. The third kappa shape index (κ3) is 2.60. The first-order valence-corrected chi connectivity index (χ1v) is 6.36. The lowest BCUT2D eigenvalue weighted by atomic mass is 10.1. The number of rotatable bonds is 3. The number of benzene rings is 2. The molecular formula is C15H13FN2O3. The predicted molar refractivity (Wildman–Crippen MR) is 74.5 cm³/mol. The Morgan fingerprint density at radius 2 is 2.05 bits per heavy atom. The number of para-hydroxylation sites is 1. The summed E-state index contributed by atoms with van der Waals surface area (Å²) in [5.41, 5.74) is 6.37. The van der Waals surface area contributed by atoms with Crippen LogP contribution in [0.4, 0.5) is 10.1 Å². The number of anilines is 1. The van der Waals surface area contributed by atoms with Gasteiger partial charge in [-0.1, -0.05) is 12.1 Å². The van der Waals surface area contributed by atoms with Gasteiger partial charge in [0.15, 0.2) is 11.5 Å². The maximum Gasteiger partial charge on any atom is 0.253 e. The lowest BCUT2D eigenvalue weighted by Crippen LogP contribution is -2.24. The Morgan fingerprint density at radius 3 is 2.90 bits per heavy atom. The average molecular weight is 288 g/mol. The van der Waals surface area contributed by atoms with E-state index in [0.29, 0.717) is 11.5 Å². The van der Waals surface area contributed by atoms with Gasteiger partial charge in [0, 0.05) is 6.54 Å². The Kier molecular flexibility index (Phi) is 3.35. The first-order valence-electron chi connectivity index (χ1n) is 6.36. The van der Waals surface area contributed by atoms with Crippen molar-refractivity contribution >= 4 is 11.6 Å². The highest BCUT2D eigenvalue weighted by atomic mass is 19.1. The number of halogens is 1. The number of amides is 1. The van der Waals surface area contributed by atoms with E-state index in [1.54, 1.807) is 12.1 Å². The van der Waals surface area contributed by atoms with E-state index >= 15 is 0 Å². The summed E-state index contributed by atoms with van der Waals surface area (Å²) in [6, 6.07) is 9.53. The molecule has 2 aromatic rings. The van der Waals surface area contributed by atoms with Crippen molar-refractivity contribution in [1.82, 2.24) is 5.32 Å². The molecule has 1 aliphatic heterocycles. The number of nitrogen functional groups attached to an aromatic ring is 1. The van der Waals surface area contributed by atoms with Gasteiger partial charge in [-0.15, -0.1) is 0 Å². The van der Waals surface area contributed by atoms with Crippen LogP contribution in [-0.4, -0.2) is 12.7 Å². The number of hydrogen-bond donors (Lipinski definition) is 2.